The smallest absolute Gasteiger partial charge is 0.334 e. The van der Waals surface area contributed by atoms with Crippen molar-refractivity contribution in [2.45, 2.75) is 25.7 Å². The van der Waals surface area contributed by atoms with E-state index in [4.69, 9.17) is 0 Å². The van der Waals surface area contributed by atoms with Gasteiger partial charge in [-0.15, -0.1) is 0 Å². The minimum Gasteiger partial charge on any atom is -0.334 e. The van der Waals surface area contributed by atoms with E-state index in [2.05, 4.69) is 20.7 Å². The number of hydrogen-bond donors (Lipinski definition) is 2. The van der Waals surface area contributed by atoms with Gasteiger partial charge < -0.3 is 10.6 Å². The molecule has 2 N–H and O–H groups in total. The van der Waals surface area contributed by atoms with Crippen LogP contribution in [0.5, 0.6) is 0 Å². The van der Waals surface area contributed by atoms with E-state index >= 15 is 0 Å². The number of halogens is 3. The molecule has 1 aromatic carbocycles. The number of anilines is 1. The predicted octanol–water partition coefficient (Wildman–Crippen LogP) is 2.51. The van der Waals surface area contributed by atoms with Crippen LogP contribution in [0.2, 0.25) is 0 Å². The van der Waals surface area contributed by atoms with E-state index in [0.29, 0.717) is 6.54 Å². The lowest BCUT2D eigenvalue weighted by Gasteiger charge is -2.15. The topological polar surface area (TPSA) is 71.8 Å². The molecule has 22 heavy (non-hydrogen) atoms. The third-order valence-electron chi connectivity index (χ3n) is 2.75. The van der Waals surface area contributed by atoms with Crippen LogP contribution in [0.25, 0.3) is 0 Å². The maximum absolute atomic E-state index is 12.6. The largest absolute Gasteiger partial charge is 0.416 e. The van der Waals surface area contributed by atoms with Crippen molar-refractivity contribution in [1.29, 1.82) is 0 Å². The van der Waals surface area contributed by atoms with Crippen LogP contribution >= 0.6 is 0 Å². The molecule has 0 fully saturated rings. The molecule has 0 aliphatic rings. The van der Waals surface area contributed by atoms with Gasteiger partial charge in [0.1, 0.15) is 12.7 Å². The number of hydrogen-bond acceptors (Lipinski definition) is 3. The first-order valence-corrected chi connectivity index (χ1v) is 6.42. The van der Waals surface area contributed by atoms with Crippen molar-refractivity contribution in [1.82, 2.24) is 20.1 Å². The van der Waals surface area contributed by atoms with E-state index in [1.54, 1.807) is 6.92 Å². The molecule has 0 aliphatic heterocycles. The second-order valence-electron chi connectivity index (χ2n) is 4.70. The number of carbonyl (C=O) groups excluding carboxylic acids is 1. The van der Waals surface area contributed by atoms with Crippen LogP contribution in [0.15, 0.2) is 36.9 Å². The minimum atomic E-state index is -4.45. The van der Waals surface area contributed by atoms with Crippen molar-refractivity contribution in [3.8, 4) is 0 Å². The highest BCUT2D eigenvalue weighted by Gasteiger charge is 2.30. The summed E-state index contributed by atoms with van der Waals surface area (Å²) in [6, 6.07) is 3.58. The van der Waals surface area contributed by atoms with Gasteiger partial charge in [-0.05, 0) is 25.1 Å². The molecule has 1 aromatic heterocycles. The second kappa shape index (κ2) is 6.46. The minimum absolute atomic E-state index is 0.0697. The molecule has 0 saturated carbocycles. The second-order valence-corrected chi connectivity index (χ2v) is 4.70. The summed E-state index contributed by atoms with van der Waals surface area (Å²) in [5, 5.41) is 8.87. The standard InChI is InChI=1S/C13H14F3N5O/c1-9(6-21-8-17-7-18-21)19-12(22)20-11-4-2-3-10(5-11)13(14,15)16/h2-5,7-9H,6H2,1H3,(H2,19,20,22)/t9-/m1/s1. The Balaban J connectivity index is 1.91. The molecule has 0 spiro atoms. The molecule has 1 atom stereocenters. The Bertz CT molecular complexity index is 627. The van der Waals surface area contributed by atoms with Crippen LogP contribution in [0, 0.1) is 0 Å². The number of nitrogens with zero attached hydrogens (tertiary/aromatic N) is 3. The van der Waals surface area contributed by atoms with Gasteiger partial charge in [0.25, 0.3) is 0 Å². The van der Waals surface area contributed by atoms with Crippen molar-refractivity contribution in [3.05, 3.63) is 42.5 Å². The van der Waals surface area contributed by atoms with E-state index in [0.717, 1.165) is 12.1 Å². The highest BCUT2D eigenvalue weighted by Crippen LogP contribution is 2.30. The molecule has 118 valence electrons. The Hall–Kier alpha value is -2.58. The Morgan fingerprint density at radius 3 is 2.82 bits per heavy atom. The summed E-state index contributed by atoms with van der Waals surface area (Å²) in [7, 11) is 0. The zero-order valence-corrected chi connectivity index (χ0v) is 11.6. The summed E-state index contributed by atoms with van der Waals surface area (Å²) in [6.45, 7) is 2.14. The number of nitrogens with one attached hydrogen (secondary N) is 2. The molecular weight excluding hydrogens is 299 g/mol. The summed E-state index contributed by atoms with van der Waals surface area (Å²) in [6.07, 6.45) is -1.58. The van der Waals surface area contributed by atoms with E-state index < -0.39 is 17.8 Å². The van der Waals surface area contributed by atoms with Crippen molar-refractivity contribution >= 4 is 11.7 Å². The molecule has 2 rings (SSSR count). The molecule has 2 aromatic rings. The zero-order chi connectivity index (χ0) is 16.2. The van der Waals surface area contributed by atoms with Gasteiger partial charge >= 0.3 is 12.2 Å². The number of aromatic nitrogens is 3. The molecule has 0 bridgehead atoms. The summed E-state index contributed by atoms with van der Waals surface area (Å²) in [5.41, 5.74) is -0.749. The Kier molecular flexibility index (Phi) is 4.64. The monoisotopic (exact) mass is 313 g/mol. The maximum Gasteiger partial charge on any atom is 0.416 e. The first-order valence-electron chi connectivity index (χ1n) is 6.42. The van der Waals surface area contributed by atoms with E-state index in [1.165, 1.54) is 29.5 Å². The zero-order valence-electron chi connectivity index (χ0n) is 11.6. The molecule has 0 unspecified atom stereocenters. The Labute approximate surface area is 124 Å². The fraction of sp³-hybridized carbons (Fsp3) is 0.308. The lowest BCUT2D eigenvalue weighted by atomic mass is 10.2. The van der Waals surface area contributed by atoms with Gasteiger partial charge in [0, 0.05) is 11.7 Å². The van der Waals surface area contributed by atoms with Crippen molar-refractivity contribution < 1.29 is 18.0 Å². The van der Waals surface area contributed by atoms with Gasteiger partial charge in [-0.2, -0.15) is 18.3 Å². The van der Waals surface area contributed by atoms with Crippen LogP contribution in [0.4, 0.5) is 23.7 Å². The van der Waals surface area contributed by atoms with Crippen LogP contribution in [-0.4, -0.2) is 26.8 Å². The number of rotatable bonds is 4. The fourth-order valence-electron chi connectivity index (χ4n) is 1.82. The van der Waals surface area contributed by atoms with Gasteiger partial charge in [-0.25, -0.2) is 9.78 Å². The Morgan fingerprint density at radius 1 is 1.41 bits per heavy atom. The van der Waals surface area contributed by atoms with Gasteiger partial charge in [0.05, 0.1) is 12.1 Å². The van der Waals surface area contributed by atoms with Crippen LogP contribution in [0.1, 0.15) is 12.5 Å². The molecule has 6 nitrogen and oxygen atoms in total. The van der Waals surface area contributed by atoms with Crippen LogP contribution in [0.3, 0.4) is 0 Å². The van der Waals surface area contributed by atoms with Crippen molar-refractivity contribution in [2.24, 2.45) is 0 Å². The summed E-state index contributed by atoms with van der Waals surface area (Å²) in [4.78, 5) is 15.5. The number of carbonyl (C=O) groups is 1. The number of benzene rings is 1. The fourth-order valence-corrected chi connectivity index (χ4v) is 1.82. The average molecular weight is 313 g/mol. The molecule has 9 heteroatoms. The summed E-state index contributed by atoms with van der Waals surface area (Å²) in [5.74, 6) is 0. The summed E-state index contributed by atoms with van der Waals surface area (Å²) >= 11 is 0. The molecule has 1 heterocycles. The maximum atomic E-state index is 12.6. The average Bonchev–Trinajstić information content (AvgIpc) is 2.90. The Morgan fingerprint density at radius 2 is 2.18 bits per heavy atom. The van der Waals surface area contributed by atoms with E-state index in [9.17, 15) is 18.0 Å². The van der Waals surface area contributed by atoms with Gasteiger partial charge in [0.2, 0.25) is 0 Å². The van der Waals surface area contributed by atoms with E-state index in [1.807, 2.05) is 0 Å². The number of urea groups is 1. The lowest BCUT2D eigenvalue weighted by molar-refractivity contribution is -0.137. The predicted molar refractivity (Wildman–Crippen MR) is 73.1 cm³/mol. The highest BCUT2D eigenvalue weighted by atomic mass is 19.4. The SMILES string of the molecule is C[C@H](Cn1cncn1)NC(=O)Nc1cccc(C(F)(F)F)c1. The van der Waals surface area contributed by atoms with E-state index in [-0.39, 0.29) is 11.7 Å². The lowest BCUT2D eigenvalue weighted by Crippen LogP contribution is -2.38. The molecular formula is C13H14F3N5O. The first kappa shape index (κ1) is 15.8. The van der Waals surface area contributed by atoms with Crippen LogP contribution < -0.4 is 10.6 Å². The number of amides is 2. The third kappa shape index (κ3) is 4.47. The summed E-state index contributed by atoms with van der Waals surface area (Å²) < 4.78 is 39.3. The van der Waals surface area contributed by atoms with Crippen molar-refractivity contribution in [2.75, 3.05) is 5.32 Å². The van der Waals surface area contributed by atoms with Gasteiger partial charge in [-0.3, -0.25) is 4.68 Å². The third-order valence-corrected chi connectivity index (χ3v) is 2.75. The normalized spacial score (nSPS) is 12.7. The van der Waals surface area contributed by atoms with Gasteiger partial charge in [0.15, 0.2) is 0 Å². The molecule has 0 radical (unpaired) electrons. The van der Waals surface area contributed by atoms with Gasteiger partial charge in [-0.1, -0.05) is 6.07 Å². The first-order chi connectivity index (χ1) is 10.3. The molecule has 0 aliphatic carbocycles. The number of alkyl halides is 3. The molecule has 2 amide bonds. The van der Waals surface area contributed by atoms with Crippen molar-refractivity contribution in [3.63, 3.8) is 0 Å². The quantitative estimate of drug-likeness (QED) is 0.911. The highest BCUT2D eigenvalue weighted by molar-refractivity contribution is 5.89. The van der Waals surface area contributed by atoms with Crippen LogP contribution in [-0.2, 0) is 12.7 Å². The molecule has 0 saturated heterocycles.